The third-order valence-electron chi connectivity index (χ3n) is 7.04. The van der Waals surface area contributed by atoms with Crippen LogP contribution in [0.1, 0.15) is 36.1 Å². The first-order valence-corrected chi connectivity index (χ1v) is 13.5. The van der Waals surface area contributed by atoms with Gasteiger partial charge in [0, 0.05) is 16.8 Å². The van der Waals surface area contributed by atoms with Crippen molar-refractivity contribution in [2.75, 3.05) is 4.90 Å². The van der Waals surface area contributed by atoms with E-state index >= 15 is 0 Å². The highest BCUT2D eigenvalue weighted by Gasteiger charge is 2.17. The quantitative estimate of drug-likeness (QED) is 0.199. The fraction of sp³-hybridized carbons (Fsp3) is 0.105. The molecule has 0 aliphatic carbocycles. The van der Waals surface area contributed by atoms with Gasteiger partial charge in [-0.05, 0) is 80.1 Å². The monoisotopic (exact) mass is 505 g/mol. The van der Waals surface area contributed by atoms with Crippen LogP contribution in [0.15, 0.2) is 139 Å². The number of benzene rings is 5. The second-order valence-electron chi connectivity index (χ2n) is 10.2. The number of allylic oxidation sites excluding steroid dienone is 5. The third kappa shape index (κ3) is 6.10. The summed E-state index contributed by atoms with van der Waals surface area (Å²) in [5.74, 6) is 0. The van der Waals surface area contributed by atoms with E-state index in [2.05, 4.69) is 166 Å². The Morgan fingerprint density at radius 3 is 1.77 bits per heavy atom. The van der Waals surface area contributed by atoms with E-state index in [0.29, 0.717) is 0 Å². The van der Waals surface area contributed by atoms with Crippen LogP contribution in [0.5, 0.6) is 0 Å². The summed E-state index contributed by atoms with van der Waals surface area (Å²) in [7, 11) is 0. The topological polar surface area (TPSA) is 3.24 Å². The minimum absolute atomic E-state index is 1.15. The van der Waals surface area contributed by atoms with Crippen molar-refractivity contribution < 1.29 is 0 Å². The van der Waals surface area contributed by atoms with Crippen LogP contribution in [-0.4, -0.2) is 0 Å². The van der Waals surface area contributed by atoms with Gasteiger partial charge in [0.2, 0.25) is 0 Å². The zero-order chi connectivity index (χ0) is 27.2. The molecule has 5 rings (SSSR count). The second-order valence-corrected chi connectivity index (χ2v) is 10.2. The molecule has 0 spiro atoms. The SMILES string of the molecule is CC(=CC=Cc1ccccc1)C=C(C)c1ccc(N(c2ccc(C)cc2)c2ccc(C)cc2)c2ccccc12. The van der Waals surface area contributed by atoms with Crippen LogP contribution in [0.3, 0.4) is 0 Å². The van der Waals surface area contributed by atoms with Crippen molar-refractivity contribution in [1.82, 2.24) is 0 Å². The van der Waals surface area contributed by atoms with E-state index in [1.54, 1.807) is 0 Å². The largest absolute Gasteiger partial charge is 0.310 e. The Labute approximate surface area is 233 Å². The van der Waals surface area contributed by atoms with Crippen molar-refractivity contribution in [3.8, 4) is 0 Å². The highest BCUT2D eigenvalue weighted by Crippen LogP contribution is 2.41. The molecule has 192 valence electrons. The Bertz CT molecular complexity index is 1610. The molecule has 0 amide bonds. The van der Waals surface area contributed by atoms with Gasteiger partial charge in [0.1, 0.15) is 0 Å². The van der Waals surface area contributed by atoms with Crippen LogP contribution in [0.25, 0.3) is 22.4 Å². The van der Waals surface area contributed by atoms with Gasteiger partial charge in [-0.25, -0.2) is 0 Å². The molecule has 0 aliphatic heterocycles. The first kappa shape index (κ1) is 26.0. The Balaban J connectivity index is 1.56. The molecule has 0 fully saturated rings. The summed E-state index contributed by atoms with van der Waals surface area (Å²) in [5.41, 5.74) is 10.9. The van der Waals surface area contributed by atoms with Crippen LogP contribution >= 0.6 is 0 Å². The number of anilines is 3. The lowest BCUT2D eigenvalue weighted by Crippen LogP contribution is -2.10. The summed E-state index contributed by atoms with van der Waals surface area (Å²) in [5, 5.41) is 2.48. The van der Waals surface area contributed by atoms with Crippen molar-refractivity contribution in [3.05, 3.63) is 161 Å². The lowest BCUT2D eigenvalue weighted by atomic mass is 9.95. The molecule has 0 bridgehead atoms. The zero-order valence-corrected chi connectivity index (χ0v) is 23.2. The smallest absolute Gasteiger partial charge is 0.0540 e. The number of hydrogen-bond donors (Lipinski definition) is 0. The molecular weight excluding hydrogens is 470 g/mol. The molecule has 0 N–H and O–H groups in total. The predicted octanol–water partition coefficient (Wildman–Crippen LogP) is 11.0. The molecule has 1 heteroatoms. The minimum atomic E-state index is 1.15. The lowest BCUT2D eigenvalue weighted by Gasteiger charge is -2.27. The number of nitrogens with zero attached hydrogens (tertiary/aromatic N) is 1. The van der Waals surface area contributed by atoms with Crippen LogP contribution in [-0.2, 0) is 0 Å². The molecule has 5 aromatic carbocycles. The van der Waals surface area contributed by atoms with Gasteiger partial charge in [-0.3, -0.25) is 0 Å². The number of fused-ring (bicyclic) bond motifs is 1. The summed E-state index contributed by atoms with van der Waals surface area (Å²) in [4.78, 5) is 2.36. The van der Waals surface area contributed by atoms with Crippen LogP contribution in [0.2, 0.25) is 0 Å². The van der Waals surface area contributed by atoms with E-state index in [1.807, 2.05) is 6.07 Å². The minimum Gasteiger partial charge on any atom is -0.310 e. The van der Waals surface area contributed by atoms with Crippen molar-refractivity contribution in [2.45, 2.75) is 27.7 Å². The van der Waals surface area contributed by atoms with Crippen molar-refractivity contribution in [3.63, 3.8) is 0 Å². The van der Waals surface area contributed by atoms with Gasteiger partial charge in [-0.15, -0.1) is 0 Å². The van der Waals surface area contributed by atoms with E-state index in [4.69, 9.17) is 0 Å². The van der Waals surface area contributed by atoms with E-state index in [0.717, 1.165) is 11.4 Å². The zero-order valence-electron chi connectivity index (χ0n) is 23.2. The Morgan fingerprint density at radius 2 is 1.15 bits per heavy atom. The maximum Gasteiger partial charge on any atom is 0.0540 e. The summed E-state index contributed by atoms with van der Waals surface area (Å²) in [6.07, 6.45) is 8.70. The molecule has 0 heterocycles. The molecule has 5 aromatic rings. The fourth-order valence-corrected chi connectivity index (χ4v) is 4.98. The van der Waals surface area contributed by atoms with Gasteiger partial charge in [-0.1, -0.05) is 126 Å². The maximum absolute atomic E-state index is 2.36. The Hall–Kier alpha value is -4.62. The van der Waals surface area contributed by atoms with Gasteiger partial charge in [0.25, 0.3) is 0 Å². The molecular formula is C38H35N. The van der Waals surface area contributed by atoms with Crippen LogP contribution < -0.4 is 4.90 Å². The molecule has 0 unspecified atom stereocenters. The van der Waals surface area contributed by atoms with Crippen LogP contribution in [0, 0.1) is 13.8 Å². The highest BCUT2D eigenvalue weighted by molar-refractivity contribution is 6.04. The molecule has 0 aromatic heterocycles. The van der Waals surface area contributed by atoms with E-state index in [1.165, 1.54) is 49.9 Å². The summed E-state index contributed by atoms with van der Waals surface area (Å²) in [6.45, 7) is 8.63. The lowest BCUT2D eigenvalue weighted by molar-refractivity contribution is 1.28. The Kier molecular flexibility index (Phi) is 7.89. The average molecular weight is 506 g/mol. The van der Waals surface area contributed by atoms with Gasteiger partial charge in [0.05, 0.1) is 5.69 Å². The average Bonchev–Trinajstić information content (AvgIpc) is 2.95. The third-order valence-corrected chi connectivity index (χ3v) is 7.04. The summed E-state index contributed by atoms with van der Waals surface area (Å²) in [6, 6.07) is 41.2. The van der Waals surface area contributed by atoms with Crippen LogP contribution in [0.4, 0.5) is 17.1 Å². The highest BCUT2D eigenvalue weighted by atomic mass is 15.1. The second kappa shape index (κ2) is 11.8. The number of aryl methyl sites for hydroxylation is 2. The number of rotatable bonds is 7. The van der Waals surface area contributed by atoms with Crippen molar-refractivity contribution in [1.29, 1.82) is 0 Å². The molecule has 1 nitrogen and oxygen atoms in total. The standard InChI is InChI=1S/C38H35N/c1-28-17-21-33(22-18-28)39(34-23-19-29(2)20-24-34)38-26-25-35(36-15-8-9-16-37(36)38)31(4)27-30(3)11-10-14-32-12-6-5-7-13-32/h5-27H,1-4H3. The summed E-state index contributed by atoms with van der Waals surface area (Å²) >= 11 is 0. The Morgan fingerprint density at radius 1 is 0.590 bits per heavy atom. The molecule has 39 heavy (non-hydrogen) atoms. The van der Waals surface area contributed by atoms with Crippen molar-refractivity contribution in [2.24, 2.45) is 0 Å². The molecule has 0 aliphatic rings. The maximum atomic E-state index is 2.36. The summed E-state index contributed by atoms with van der Waals surface area (Å²) < 4.78 is 0. The molecule has 0 saturated carbocycles. The molecule has 0 saturated heterocycles. The fourth-order valence-electron chi connectivity index (χ4n) is 4.98. The first-order valence-electron chi connectivity index (χ1n) is 13.5. The van der Waals surface area contributed by atoms with E-state index in [9.17, 15) is 0 Å². The van der Waals surface area contributed by atoms with Gasteiger partial charge in [0.15, 0.2) is 0 Å². The van der Waals surface area contributed by atoms with Gasteiger partial charge >= 0.3 is 0 Å². The first-order chi connectivity index (χ1) is 19.0. The van der Waals surface area contributed by atoms with Crippen molar-refractivity contribution >= 4 is 39.5 Å². The normalized spacial score (nSPS) is 12.3. The van der Waals surface area contributed by atoms with E-state index in [-0.39, 0.29) is 0 Å². The van der Waals surface area contributed by atoms with E-state index < -0.39 is 0 Å². The predicted molar refractivity (Wildman–Crippen MR) is 171 cm³/mol. The molecule has 0 atom stereocenters. The van der Waals surface area contributed by atoms with Gasteiger partial charge < -0.3 is 4.90 Å². The molecule has 0 radical (unpaired) electrons. The van der Waals surface area contributed by atoms with Gasteiger partial charge in [-0.2, -0.15) is 0 Å². The number of hydrogen-bond acceptors (Lipinski definition) is 1.